The van der Waals surface area contributed by atoms with Crippen molar-refractivity contribution in [3.05, 3.63) is 78.7 Å². The predicted molar refractivity (Wildman–Crippen MR) is 97.2 cm³/mol. The number of amides is 2. The van der Waals surface area contributed by atoms with E-state index in [9.17, 15) is 34.9 Å². The van der Waals surface area contributed by atoms with Crippen molar-refractivity contribution >= 4 is 40.4 Å². The molecule has 3 rings (SSSR count). The van der Waals surface area contributed by atoms with Crippen molar-refractivity contribution in [1.82, 2.24) is 4.90 Å². The molecule has 0 aromatic heterocycles. The van der Waals surface area contributed by atoms with Crippen LogP contribution in [0.2, 0.25) is 0 Å². The highest BCUT2D eigenvalue weighted by atomic mass is 32.2. The highest BCUT2D eigenvalue weighted by Crippen LogP contribution is 2.34. The molecule has 11 heteroatoms. The first-order chi connectivity index (χ1) is 13.3. The zero-order chi connectivity index (χ0) is 20.4. The Labute approximate surface area is 161 Å². The maximum Gasteiger partial charge on any atom is 0.293 e. The molecule has 0 saturated carbocycles. The number of rotatable bonds is 5. The van der Waals surface area contributed by atoms with Gasteiger partial charge < -0.3 is 5.11 Å². The summed E-state index contributed by atoms with van der Waals surface area (Å²) in [7, 11) is 0. The summed E-state index contributed by atoms with van der Waals surface area (Å²) in [5.74, 6) is -1.39. The van der Waals surface area contributed by atoms with Gasteiger partial charge in [-0.15, -0.1) is 0 Å². The molecule has 2 aromatic carbocycles. The third kappa shape index (κ3) is 3.83. The van der Waals surface area contributed by atoms with Crippen LogP contribution in [-0.4, -0.2) is 25.9 Å². The van der Waals surface area contributed by atoms with Gasteiger partial charge >= 0.3 is 0 Å². The molecule has 0 unspecified atom stereocenters. The van der Waals surface area contributed by atoms with Crippen LogP contribution in [0.5, 0.6) is 5.75 Å². The van der Waals surface area contributed by atoms with Gasteiger partial charge in [0.25, 0.3) is 22.5 Å². The first kappa shape index (κ1) is 19.0. The second-order valence-electron chi connectivity index (χ2n) is 5.68. The molecule has 0 radical (unpaired) electrons. The van der Waals surface area contributed by atoms with Crippen LogP contribution in [0.4, 0.5) is 16.2 Å². The minimum Gasteiger partial charge on any atom is -0.868 e. The van der Waals surface area contributed by atoms with Crippen molar-refractivity contribution in [2.24, 2.45) is 0 Å². The summed E-state index contributed by atoms with van der Waals surface area (Å²) >= 11 is 0.642. The fourth-order valence-corrected chi connectivity index (χ4v) is 3.34. The van der Waals surface area contributed by atoms with E-state index in [-0.39, 0.29) is 22.7 Å². The Balaban J connectivity index is 1.85. The molecule has 0 bridgehead atoms. The fraction of sp³-hybridized carbons (Fsp3) is 0.0588. The van der Waals surface area contributed by atoms with E-state index in [2.05, 4.69) is 0 Å². The van der Waals surface area contributed by atoms with Gasteiger partial charge in [0.05, 0.1) is 21.3 Å². The van der Waals surface area contributed by atoms with E-state index in [0.29, 0.717) is 17.3 Å². The van der Waals surface area contributed by atoms with E-state index in [0.717, 1.165) is 17.0 Å². The summed E-state index contributed by atoms with van der Waals surface area (Å²) in [6.07, 6.45) is 1.28. The van der Waals surface area contributed by atoms with Gasteiger partial charge in [0, 0.05) is 18.2 Å². The normalized spacial score (nSPS) is 15.3. The number of non-ortho nitro benzene ring substituents is 1. The number of nitro groups is 2. The third-order valence-corrected chi connectivity index (χ3v) is 4.72. The SMILES string of the molecule is O=C1S/C(=C\c2ccc([O-])c([N+](=O)[O-])c2)C(=O)N1Cc1cccc([N+](=O)[O-])c1. The van der Waals surface area contributed by atoms with Crippen LogP contribution in [-0.2, 0) is 11.3 Å². The number of carbonyl (C=O) groups is 2. The minimum absolute atomic E-state index is 0.0309. The van der Waals surface area contributed by atoms with E-state index in [1.165, 1.54) is 30.3 Å². The molecule has 0 spiro atoms. The molecule has 0 aliphatic carbocycles. The maximum atomic E-state index is 12.5. The smallest absolute Gasteiger partial charge is 0.293 e. The molecular weight excluding hydrogens is 390 g/mol. The number of nitrogens with zero attached hydrogens (tertiary/aromatic N) is 3. The number of benzene rings is 2. The van der Waals surface area contributed by atoms with Crippen LogP contribution < -0.4 is 5.11 Å². The van der Waals surface area contributed by atoms with E-state index in [1.807, 2.05) is 0 Å². The Bertz CT molecular complexity index is 1050. The van der Waals surface area contributed by atoms with E-state index in [1.54, 1.807) is 6.07 Å². The van der Waals surface area contributed by atoms with Gasteiger partial charge in [-0.05, 0) is 34.7 Å². The number of imide groups is 1. The molecule has 0 N–H and O–H groups in total. The van der Waals surface area contributed by atoms with E-state index < -0.39 is 32.4 Å². The van der Waals surface area contributed by atoms with E-state index >= 15 is 0 Å². The van der Waals surface area contributed by atoms with Gasteiger partial charge in [-0.2, -0.15) is 0 Å². The van der Waals surface area contributed by atoms with Crippen LogP contribution in [0.1, 0.15) is 11.1 Å². The van der Waals surface area contributed by atoms with Crippen molar-refractivity contribution in [1.29, 1.82) is 0 Å². The zero-order valence-corrected chi connectivity index (χ0v) is 14.8. The minimum atomic E-state index is -0.826. The molecule has 1 saturated heterocycles. The van der Waals surface area contributed by atoms with Gasteiger partial charge in [0.2, 0.25) is 0 Å². The van der Waals surface area contributed by atoms with Gasteiger partial charge in [0.1, 0.15) is 0 Å². The third-order valence-electron chi connectivity index (χ3n) is 3.81. The molecule has 28 heavy (non-hydrogen) atoms. The molecular formula is C17H10N3O7S-. The summed E-state index contributed by atoms with van der Waals surface area (Å²) < 4.78 is 0. The summed E-state index contributed by atoms with van der Waals surface area (Å²) in [5.41, 5.74) is -0.161. The Morgan fingerprint density at radius 3 is 2.46 bits per heavy atom. The van der Waals surface area contributed by atoms with Gasteiger partial charge in [-0.1, -0.05) is 24.3 Å². The van der Waals surface area contributed by atoms with Crippen molar-refractivity contribution in [2.45, 2.75) is 6.54 Å². The Hall–Kier alpha value is -3.73. The Morgan fingerprint density at radius 1 is 1.04 bits per heavy atom. The molecule has 2 aromatic rings. The van der Waals surface area contributed by atoms with Crippen LogP contribution in [0.25, 0.3) is 6.08 Å². The number of nitro benzene ring substituents is 2. The monoisotopic (exact) mass is 400 g/mol. The molecule has 142 valence electrons. The molecule has 1 fully saturated rings. The largest absolute Gasteiger partial charge is 0.868 e. The first-order valence-electron chi connectivity index (χ1n) is 7.70. The summed E-state index contributed by atoms with van der Waals surface area (Å²) in [5, 5.41) is 32.6. The number of thioether (sulfide) groups is 1. The molecule has 1 aliphatic heterocycles. The lowest BCUT2D eigenvalue weighted by molar-refractivity contribution is -0.398. The second-order valence-corrected chi connectivity index (χ2v) is 6.67. The fourth-order valence-electron chi connectivity index (χ4n) is 2.51. The number of hydrogen-bond donors (Lipinski definition) is 0. The van der Waals surface area contributed by atoms with Crippen molar-refractivity contribution < 1.29 is 24.5 Å². The van der Waals surface area contributed by atoms with Crippen molar-refractivity contribution in [3.8, 4) is 5.75 Å². The van der Waals surface area contributed by atoms with Crippen LogP contribution in [0.3, 0.4) is 0 Å². The number of carbonyl (C=O) groups excluding carboxylic acids is 2. The zero-order valence-electron chi connectivity index (χ0n) is 13.9. The first-order valence-corrected chi connectivity index (χ1v) is 8.52. The summed E-state index contributed by atoms with van der Waals surface area (Å²) in [4.78, 5) is 45.9. The van der Waals surface area contributed by atoms with Crippen LogP contribution in [0.15, 0.2) is 47.4 Å². The van der Waals surface area contributed by atoms with Crippen molar-refractivity contribution in [3.63, 3.8) is 0 Å². The van der Waals surface area contributed by atoms with Gasteiger partial charge in [-0.3, -0.25) is 34.7 Å². The summed E-state index contributed by atoms with van der Waals surface area (Å²) in [6.45, 7) is -0.149. The van der Waals surface area contributed by atoms with E-state index in [4.69, 9.17) is 0 Å². The van der Waals surface area contributed by atoms with Crippen molar-refractivity contribution in [2.75, 3.05) is 0 Å². The Kier molecular flexibility index (Phi) is 5.09. The van der Waals surface area contributed by atoms with Crippen LogP contribution in [0, 0.1) is 20.2 Å². The van der Waals surface area contributed by atoms with Gasteiger partial charge in [0.15, 0.2) is 0 Å². The topological polar surface area (TPSA) is 147 Å². The molecule has 0 atom stereocenters. The quantitative estimate of drug-likeness (QED) is 0.423. The molecule has 2 amide bonds. The predicted octanol–water partition coefficient (Wildman–Crippen LogP) is 2.81. The maximum absolute atomic E-state index is 12.5. The number of hydrogen-bond acceptors (Lipinski definition) is 8. The lowest BCUT2D eigenvalue weighted by atomic mass is 10.1. The average molecular weight is 400 g/mol. The lowest BCUT2D eigenvalue weighted by Crippen LogP contribution is -2.27. The Morgan fingerprint density at radius 2 is 1.79 bits per heavy atom. The second kappa shape index (κ2) is 7.48. The van der Waals surface area contributed by atoms with Crippen LogP contribution >= 0.6 is 11.8 Å². The molecule has 1 heterocycles. The highest BCUT2D eigenvalue weighted by molar-refractivity contribution is 8.18. The highest BCUT2D eigenvalue weighted by Gasteiger charge is 2.35. The molecule has 10 nitrogen and oxygen atoms in total. The standard InChI is InChI=1S/C17H11N3O7S/c21-14-5-4-10(7-13(14)20(26)27)8-15-16(22)18(17(23)28-15)9-11-2-1-3-12(6-11)19(24)25/h1-8,21H,9H2/p-1/b15-8-. The average Bonchev–Trinajstić information content (AvgIpc) is 2.90. The molecule has 1 aliphatic rings. The lowest BCUT2D eigenvalue weighted by Gasteiger charge is -2.12. The van der Waals surface area contributed by atoms with Gasteiger partial charge in [-0.25, -0.2) is 0 Å². The summed E-state index contributed by atoms with van der Waals surface area (Å²) in [6, 6.07) is 8.91.